The molecule has 3 aromatic rings. The summed E-state index contributed by atoms with van der Waals surface area (Å²) in [6, 6.07) is 27.7. The monoisotopic (exact) mass is 286 g/mol. The molecule has 0 unspecified atom stereocenters. The van der Waals surface area contributed by atoms with Gasteiger partial charge in [-0.3, -0.25) is 0 Å². The molecule has 0 amide bonds. The van der Waals surface area contributed by atoms with Crippen LogP contribution in [0.3, 0.4) is 0 Å². The Bertz CT molecular complexity index is 723. The Morgan fingerprint density at radius 3 is 1.55 bits per heavy atom. The van der Waals surface area contributed by atoms with Crippen LogP contribution in [0.4, 0.5) is 17.1 Å². The number of anilines is 3. The number of rotatable bonds is 4. The lowest BCUT2D eigenvalue weighted by Gasteiger charge is -2.25. The summed E-state index contributed by atoms with van der Waals surface area (Å²) in [7, 11) is 0. The van der Waals surface area contributed by atoms with Gasteiger partial charge in [0.15, 0.2) is 0 Å². The van der Waals surface area contributed by atoms with E-state index in [1.165, 1.54) is 0 Å². The Kier molecular flexibility index (Phi) is 4.03. The van der Waals surface area contributed by atoms with Crippen molar-refractivity contribution in [2.24, 2.45) is 0 Å². The Balaban J connectivity index is 2.04. The summed E-state index contributed by atoms with van der Waals surface area (Å²) in [4.78, 5) is 2.15. The second-order valence-electron chi connectivity index (χ2n) is 4.69. The van der Waals surface area contributed by atoms with Gasteiger partial charge in [0.25, 0.3) is 6.26 Å². The highest BCUT2D eigenvalue weighted by molar-refractivity contribution is 5.76. The van der Waals surface area contributed by atoms with Crippen LogP contribution in [-0.2, 0) is 0 Å². The van der Waals surface area contributed by atoms with Crippen LogP contribution in [0.5, 0.6) is 5.75 Å². The average molecular weight is 286 g/mol. The van der Waals surface area contributed by atoms with E-state index in [-0.39, 0.29) is 0 Å². The minimum Gasteiger partial charge on any atom is -0.388 e. The molecule has 0 saturated carbocycles. The lowest BCUT2D eigenvalue weighted by molar-refractivity contribution is 0.507. The van der Waals surface area contributed by atoms with E-state index in [1.807, 2.05) is 48.5 Å². The summed E-state index contributed by atoms with van der Waals surface area (Å²) in [6.45, 7) is 0. The van der Waals surface area contributed by atoms with Gasteiger partial charge in [-0.25, -0.2) is 0 Å². The van der Waals surface area contributed by atoms with Crippen molar-refractivity contribution >= 4 is 17.1 Å². The van der Waals surface area contributed by atoms with Crippen molar-refractivity contribution in [1.82, 2.24) is 0 Å². The maximum Gasteiger partial charge on any atom is 0.292 e. The molecule has 3 rings (SSSR count). The van der Waals surface area contributed by atoms with Crippen molar-refractivity contribution in [1.29, 1.82) is 5.26 Å². The predicted molar refractivity (Wildman–Crippen MR) is 87.4 cm³/mol. The molecule has 0 N–H and O–H groups in total. The van der Waals surface area contributed by atoms with Gasteiger partial charge in [0, 0.05) is 17.1 Å². The summed E-state index contributed by atoms with van der Waals surface area (Å²) < 4.78 is 4.84. The minimum atomic E-state index is 0.535. The van der Waals surface area contributed by atoms with Gasteiger partial charge in [-0.05, 0) is 48.5 Å². The molecule has 0 spiro atoms. The van der Waals surface area contributed by atoms with Crippen LogP contribution in [0.15, 0.2) is 84.9 Å². The quantitative estimate of drug-likeness (QED) is 0.632. The van der Waals surface area contributed by atoms with Gasteiger partial charge in [0.2, 0.25) is 0 Å². The first-order chi connectivity index (χ1) is 10.9. The SMILES string of the molecule is N#COc1ccc(N(c2ccccc2)c2ccccc2)cc1. The molecule has 3 nitrogen and oxygen atoms in total. The molecule has 0 heterocycles. The molecule has 0 atom stereocenters. The molecular formula is C19H14N2O. The first-order valence-corrected chi connectivity index (χ1v) is 6.95. The topological polar surface area (TPSA) is 36.3 Å². The molecule has 3 aromatic carbocycles. The van der Waals surface area contributed by atoms with Crippen LogP contribution in [0.1, 0.15) is 0 Å². The van der Waals surface area contributed by atoms with E-state index in [4.69, 9.17) is 10.00 Å². The van der Waals surface area contributed by atoms with Crippen molar-refractivity contribution in [3.8, 4) is 12.0 Å². The number of benzene rings is 3. The number of ether oxygens (including phenoxy) is 1. The highest BCUT2D eigenvalue weighted by Crippen LogP contribution is 2.34. The largest absolute Gasteiger partial charge is 0.388 e. The summed E-state index contributed by atoms with van der Waals surface area (Å²) in [6.07, 6.45) is 1.68. The molecule has 0 saturated heterocycles. The molecule has 22 heavy (non-hydrogen) atoms. The normalized spacial score (nSPS) is 9.77. The number of nitriles is 1. The fraction of sp³-hybridized carbons (Fsp3) is 0. The first-order valence-electron chi connectivity index (χ1n) is 6.95. The molecule has 0 radical (unpaired) electrons. The smallest absolute Gasteiger partial charge is 0.292 e. The van der Waals surface area contributed by atoms with E-state index in [9.17, 15) is 0 Å². The molecule has 0 aliphatic rings. The van der Waals surface area contributed by atoms with Gasteiger partial charge in [-0.2, -0.15) is 0 Å². The third kappa shape index (κ3) is 2.92. The second-order valence-corrected chi connectivity index (χ2v) is 4.69. The van der Waals surface area contributed by atoms with Crippen LogP contribution in [0, 0.1) is 11.5 Å². The second kappa shape index (κ2) is 6.47. The molecule has 3 heteroatoms. The van der Waals surface area contributed by atoms with Gasteiger partial charge in [-0.15, -0.1) is 5.26 Å². The predicted octanol–water partition coefficient (Wildman–Crippen LogP) is 5.02. The zero-order valence-corrected chi connectivity index (χ0v) is 11.9. The Labute approximate surface area is 129 Å². The highest BCUT2D eigenvalue weighted by atomic mass is 16.5. The van der Waals surface area contributed by atoms with Crippen molar-refractivity contribution in [2.75, 3.05) is 4.90 Å². The summed E-state index contributed by atoms with van der Waals surface area (Å²) in [5.41, 5.74) is 3.15. The third-order valence-corrected chi connectivity index (χ3v) is 3.29. The van der Waals surface area contributed by atoms with Gasteiger partial charge >= 0.3 is 0 Å². The fourth-order valence-corrected chi connectivity index (χ4v) is 2.32. The average Bonchev–Trinajstić information content (AvgIpc) is 2.59. The van der Waals surface area contributed by atoms with Gasteiger partial charge in [0.1, 0.15) is 5.75 Å². The van der Waals surface area contributed by atoms with E-state index >= 15 is 0 Å². The Morgan fingerprint density at radius 2 is 1.09 bits per heavy atom. The van der Waals surface area contributed by atoms with Crippen molar-refractivity contribution < 1.29 is 4.74 Å². The van der Waals surface area contributed by atoms with Gasteiger partial charge in [-0.1, -0.05) is 36.4 Å². The molecular weight excluding hydrogens is 272 g/mol. The van der Waals surface area contributed by atoms with Crippen molar-refractivity contribution in [3.05, 3.63) is 84.9 Å². The minimum absolute atomic E-state index is 0.535. The van der Waals surface area contributed by atoms with Crippen LogP contribution in [0.25, 0.3) is 0 Å². The van der Waals surface area contributed by atoms with Crippen molar-refractivity contribution in [2.45, 2.75) is 0 Å². The van der Waals surface area contributed by atoms with E-state index in [1.54, 1.807) is 18.4 Å². The summed E-state index contributed by atoms with van der Waals surface area (Å²) >= 11 is 0. The van der Waals surface area contributed by atoms with Gasteiger partial charge < -0.3 is 9.64 Å². The maximum absolute atomic E-state index is 8.57. The zero-order chi connectivity index (χ0) is 15.2. The standard InChI is InChI=1S/C19H14N2O/c20-15-22-19-13-11-18(12-14-19)21(16-7-3-1-4-8-16)17-9-5-2-6-10-17/h1-14H. The van der Waals surface area contributed by atoms with Crippen LogP contribution in [0.2, 0.25) is 0 Å². The van der Waals surface area contributed by atoms with Crippen LogP contribution >= 0.6 is 0 Å². The molecule has 0 aromatic heterocycles. The lowest BCUT2D eigenvalue weighted by Crippen LogP contribution is -2.09. The zero-order valence-electron chi connectivity index (χ0n) is 11.9. The summed E-state index contributed by atoms with van der Waals surface area (Å²) in [5.74, 6) is 0.535. The first kappa shape index (κ1) is 13.7. The molecule has 0 bridgehead atoms. The Morgan fingerprint density at radius 1 is 0.636 bits per heavy atom. The molecule has 0 aliphatic carbocycles. The number of nitrogens with zero attached hydrogens (tertiary/aromatic N) is 2. The van der Waals surface area contributed by atoms with Crippen molar-refractivity contribution in [3.63, 3.8) is 0 Å². The molecule has 0 aliphatic heterocycles. The summed E-state index contributed by atoms with van der Waals surface area (Å²) in [5, 5.41) is 8.57. The third-order valence-electron chi connectivity index (χ3n) is 3.29. The van der Waals surface area contributed by atoms with Crippen LogP contribution in [-0.4, -0.2) is 0 Å². The maximum atomic E-state index is 8.57. The lowest BCUT2D eigenvalue weighted by atomic mass is 10.2. The Hall–Kier alpha value is -3.25. The number of para-hydroxylation sites is 2. The van der Waals surface area contributed by atoms with Gasteiger partial charge in [0.05, 0.1) is 0 Å². The van der Waals surface area contributed by atoms with E-state index in [0.717, 1.165) is 17.1 Å². The number of hydrogen-bond acceptors (Lipinski definition) is 3. The highest BCUT2D eigenvalue weighted by Gasteiger charge is 2.11. The van der Waals surface area contributed by atoms with E-state index in [0.29, 0.717) is 5.75 Å². The number of hydrogen-bond donors (Lipinski definition) is 0. The van der Waals surface area contributed by atoms with E-state index < -0.39 is 0 Å². The fourth-order valence-electron chi connectivity index (χ4n) is 2.32. The molecule has 106 valence electrons. The van der Waals surface area contributed by atoms with E-state index in [2.05, 4.69) is 29.2 Å². The molecule has 0 fully saturated rings. The van der Waals surface area contributed by atoms with Crippen LogP contribution < -0.4 is 9.64 Å².